The molecule has 4 heteroatoms. The molecule has 114 valence electrons. The van der Waals surface area contributed by atoms with Crippen LogP contribution < -0.4 is 5.32 Å². The maximum absolute atomic E-state index is 4.49. The fraction of sp³-hybridized carbons (Fsp3) is 0.471. The molecular formula is C17H25N3S. The Bertz CT molecular complexity index is 505. The third kappa shape index (κ3) is 5.14. The van der Waals surface area contributed by atoms with Gasteiger partial charge in [-0.2, -0.15) is 0 Å². The van der Waals surface area contributed by atoms with Crippen LogP contribution in [0, 0.1) is 0 Å². The lowest BCUT2D eigenvalue weighted by Crippen LogP contribution is -2.29. The summed E-state index contributed by atoms with van der Waals surface area (Å²) in [5, 5.41) is 5.45. The highest BCUT2D eigenvalue weighted by Crippen LogP contribution is 2.17. The fourth-order valence-corrected chi connectivity index (χ4v) is 2.86. The molecule has 0 amide bonds. The average molecular weight is 303 g/mol. The third-order valence-corrected chi connectivity index (χ3v) is 4.30. The second kappa shape index (κ2) is 8.15. The zero-order chi connectivity index (χ0) is 15.1. The van der Waals surface area contributed by atoms with E-state index in [2.05, 4.69) is 65.6 Å². The molecule has 0 saturated carbocycles. The van der Waals surface area contributed by atoms with Crippen LogP contribution in [0.15, 0.2) is 35.8 Å². The van der Waals surface area contributed by atoms with E-state index in [0.29, 0.717) is 6.04 Å². The number of hydrogen-bond acceptors (Lipinski definition) is 4. The van der Waals surface area contributed by atoms with Crippen LogP contribution in [0.4, 0.5) is 5.82 Å². The second-order valence-electron chi connectivity index (χ2n) is 5.56. The van der Waals surface area contributed by atoms with Gasteiger partial charge in [-0.3, -0.25) is 4.90 Å². The molecule has 0 bridgehead atoms. The van der Waals surface area contributed by atoms with E-state index in [9.17, 15) is 0 Å². The summed E-state index contributed by atoms with van der Waals surface area (Å²) < 4.78 is 0. The van der Waals surface area contributed by atoms with Crippen molar-refractivity contribution >= 4 is 17.2 Å². The van der Waals surface area contributed by atoms with Crippen LogP contribution in [-0.2, 0) is 13.1 Å². The maximum Gasteiger partial charge on any atom is 0.125 e. The van der Waals surface area contributed by atoms with E-state index in [1.165, 1.54) is 10.4 Å². The Kier molecular flexibility index (Phi) is 6.21. The Labute approximate surface area is 132 Å². The molecule has 0 aliphatic rings. The number of nitrogens with zero attached hydrogens (tertiary/aromatic N) is 2. The summed E-state index contributed by atoms with van der Waals surface area (Å²) in [5.74, 6) is 0.968. The number of aromatic nitrogens is 1. The maximum atomic E-state index is 4.49. The molecule has 0 spiro atoms. The Hall–Kier alpha value is -1.39. The first-order valence-electron chi connectivity index (χ1n) is 7.64. The van der Waals surface area contributed by atoms with Gasteiger partial charge in [0.2, 0.25) is 0 Å². The molecule has 0 saturated heterocycles. The molecular weight excluding hydrogens is 278 g/mol. The number of anilines is 1. The molecule has 21 heavy (non-hydrogen) atoms. The smallest absolute Gasteiger partial charge is 0.125 e. The summed E-state index contributed by atoms with van der Waals surface area (Å²) in [6, 6.07) is 9.10. The first-order valence-corrected chi connectivity index (χ1v) is 8.52. The first kappa shape index (κ1) is 16.0. The molecule has 2 heterocycles. The second-order valence-corrected chi connectivity index (χ2v) is 6.59. The summed E-state index contributed by atoms with van der Waals surface area (Å²) in [6.07, 6.45) is 3.10. The Morgan fingerprint density at radius 3 is 2.67 bits per heavy atom. The van der Waals surface area contributed by atoms with E-state index in [4.69, 9.17) is 0 Å². The van der Waals surface area contributed by atoms with Crippen molar-refractivity contribution in [1.82, 2.24) is 9.88 Å². The van der Waals surface area contributed by atoms with E-state index < -0.39 is 0 Å². The summed E-state index contributed by atoms with van der Waals surface area (Å²) in [4.78, 5) is 8.38. The van der Waals surface area contributed by atoms with Crippen molar-refractivity contribution in [2.45, 2.75) is 46.3 Å². The highest BCUT2D eigenvalue weighted by atomic mass is 32.1. The van der Waals surface area contributed by atoms with Gasteiger partial charge in [-0.05, 0) is 43.3 Å². The van der Waals surface area contributed by atoms with Crippen molar-refractivity contribution in [3.63, 3.8) is 0 Å². The quantitative estimate of drug-likeness (QED) is 0.784. The number of hydrogen-bond donors (Lipinski definition) is 1. The molecule has 0 atom stereocenters. The number of nitrogens with one attached hydrogen (secondary N) is 1. The van der Waals surface area contributed by atoms with Crippen molar-refractivity contribution in [2.75, 3.05) is 11.9 Å². The van der Waals surface area contributed by atoms with Gasteiger partial charge in [-0.15, -0.1) is 11.3 Å². The van der Waals surface area contributed by atoms with Gasteiger partial charge >= 0.3 is 0 Å². The van der Waals surface area contributed by atoms with E-state index in [1.807, 2.05) is 17.5 Å². The predicted molar refractivity (Wildman–Crippen MR) is 91.7 cm³/mol. The average Bonchev–Trinajstić information content (AvgIpc) is 2.99. The molecule has 0 fully saturated rings. The Balaban J connectivity index is 1.96. The van der Waals surface area contributed by atoms with Gasteiger partial charge in [0, 0.05) is 36.8 Å². The van der Waals surface area contributed by atoms with E-state index in [-0.39, 0.29) is 0 Å². The topological polar surface area (TPSA) is 28.2 Å². The predicted octanol–water partition coefficient (Wildman–Crippen LogP) is 4.38. The zero-order valence-corrected chi connectivity index (χ0v) is 14.0. The van der Waals surface area contributed by atoms with Gasteiger partial charge in [-0.1, -0.05) is 19.1 Å². The molecule has 0 aliphatic carbocycles. The number of rotatable bonds is 8. The molecule has 0 radical (unpaired) electrons. The SMILES string of the molecule is CCCNc1ccc(CN(Cc2cccs2)C(C)C)cn1. The van der Waals surface area contributed by atoms with Gasteiger partial charge in [0.05, 0.1) is 0 Å². The Morgan fingerprint density at radius 2 is 2.10 bits per heavy atom. The van der Waals surface area contributed by atoms with Crippen molar-refractivity contribution in [2.24, 2.45) is 0 Å². The number of thiophene rings is 1. The van der Waals surface area contributed by atoms with Crippen LogP contribution >= 0.6 is 11.3 Å². The van der Waals surface area contributed by atoms with Crippen molar-refractivity contribution < 1.29 is 0 Å². The van der Waals surface area contributed by atoms with Gasteiger partial charge < -0.3 is 5.32 Å². The van der Waals surface area contributed by atoms with E-state index in [0.717, 1.165) is 31.9 Å². The molecule has 2 rings (SSSR count). The first-order chi connectivity index (χ1) is 10.2. The monoisotopic (exact) mass is 303 g/mol. The summed E-state index contributed by atoms with van der Waals surface area (Å²) in [7, 11) is 0. The summed E-state index contributed by atoms with van der Waals surface area (Å²) in [5.41, 5.74) is 1.27. The summed E-state index contributed by atoms with van der Waals surface area (Å²) in [6.45, 7) is 9.58. The molecule has 0 unspecified atom stereocenters. The Morgan fingerprint density at radius 1 is 1.24 bits per heavy atom. The normalized spacial score (nSPS) is 11.3. The van der Waals surface area contributed by atoms with Crippen LogP contribution in [0.25, 0.3) is 0 Å². The fourth-order valence-electron chi connectivity index (χ4n) is 2.13. The third-order valence-electron chi connectivity index (χ3n) is 3.44. The molecule has 2 aromatic rings. The van der Waals surface area contributed by atoms with Gasteiger partial charge in [0.15, 0.2) is 0 Å². The van der Waals surface area contributed by atoms with Gasteiger partial charge in [0.25, 0.3) is 0 Å². The minimum absolute atomic E-state index is 0.519. The highest BCUT2D eigenvalue weighted by Gasteiger charge is 2.11. The minimum Gasteiger partial charge on any atom is -0.370 e. The van der Waals surface area contributed by atoms with Gasteiger partial charge in [0.1, 0.15) is 5.82 Å². The van der Waals surface area contributed by atoms with Crippen molar-refractivity contribution in [3.05, 3.63) is 46.3 Å². The van der Waals surface area contributed by atoms with Crippen LogP contribution in [0.1, 0.15) is 37.6 Å². The lowest BCUT2D eigenvalue weighted by atomic mass is 10.2. The molecule has 3 nitrogen and oxygen atoms in total. The molecule has 2 aromatic heterocycles. The molecule has 1 N–H and O–H groups in total. The van der Waals surface area contributed by atoms with Crippen LogP contribution in [0.3, 0.4) is 0 Å². The summed E-state index contributed by atoms with van der Waals surface area (Å²) >= 11 is 1.82. The lowest BCUT2D eigenvalue weighted by molar-refractivity contribution is 0.205. The van der Waals surface area contributed by atoms with Crippen LogP contribution in [-0.4, -0.2) is 22.5 Å². The van der Waals surface area contributed by atoms with Gasteiger partial charge in [-0.25, -0.2) is 4.98 Å². The van der Waals surface area contributed by atoms with Crippen LogP contribution in [0.2, 0.25) is 0 Å². The van der Waals surface area contributed by atoms with E-state index in [1.54, 1.807) is 0 Å². The largest absolute Gasteiger partial charge is 0.370 e. The molecule has 0 aromatic carbocycles. The number of pyridine rings is 1. The van der Waals surface area contributed by atoms with Crippen LogP contribution in [0.5, 0.6) is 0 Å². The standard InChI is InChI=1S/C17H25N3S/c1-4-9-18-17-8-7-15(11-19-17)12-20(14(2)3)13-16-6-5-10-21-16/h5-8,10-11,14H,4,9,12-13H2,1-3H3,(H,18,19). The zero-order valence-electron chi connectivity index (χ0n) is 13.2. The lowest BCUT2D eigenvalue weighted by Gasteiger charge is -2.26. The van der Waals surface area contributed by atoms with E-state index >= 15 is 0 Å². The highest BCUT2D eigenvalue weighted by molar-refractivity contribution is 7.09. The van der Waals surface area contributed by atoms with Crippen molar-refractivity contribution in [3.8, 4) is 0 Å². The molecule has 0 aliphatic heterocycles. The minimum atomic E-state index is 0.519. The van der Waals surface area contributed by atoms with Crippen molar-refractivity contribution in [1.29, 1.82) is 0 Å².